The second kappa shape index (κ2) is 3.01. The van der Waals surface area contributed by atoms with Crippen LogP contribution in [0, 0.1) is 0 Å². The lowest BCUT2D eigenvalue weighted by atomic mass is 10.3. The molecule has 1 aromatic heterocycles. The van der Waals surface area contributed by atoms with E-state index in [1.54, 1.807) is 0 Å². The summed E-state index contributed by atoms with van der Waals surface area (Å²) in [5, 5.41) is 8.78. The number of aromatic nitrogens is 1. The monoisotopic (exact) mass is 154 g/mol. The van der Waals surface area contributed by atoms with E-state index in [4.69, 9.17) is 5.21 Å². The number of rotatable bonds is 1. The molecule has 11 heavy (non-hydrogen) atoms. The van der Waals surface area contributed by atoms with Crippen LogP contribution in [0.15, 0.2) is 24.5 Å². The maximum absolute atomic E-state index is 10.8. The molecule has 0 aliphatic heterocycles. The van der Waals surface area contributed by atoms with Gasteiger partial charge in [-0.05, 0) is 0 Å². The average molecular weight is 154 g/mol. The molecular weight excluding hydrogens is 146 g/mol. The molecule has 1 rings (SSSR count). The van der Waals surface area contributed by atoms with Gasteiger partial charge < -0.3 is 4.74 Å². The van der Waals surface area contributed by atoms with E-state index in [2.05, 4.69) is 4.74 Å². The number of carbonyl (C=O) groups is 1. The van der Waals surface area contributed by atoms with Gasteiger partial charge in [0.05, 0.1) is 12.7 Å². The number of carbonyl (C=O) groups excluding carboxylic acids is 1. The van der Waals surface area contributed by atoms with E-state index in [-0.39, 0.29) is 0 Å². The molecule has 0 unspecified atom stereocenters. The summed E-state index contributed by atoms with van der Waals surface area (Å²) in [5.74, 6) is -0.411. The van der Waals surface area contributed by atoms with E-state index < -0.39 is 5.97 Å². The number of esters is 1. The number of methoxy groups -OCH3 is 1. The Morgan fingerprint density at radius 1 is 1.55 bits per heavy atom. The van der Waals surface area contributed by atoms with Gasteiger partial charge in [0.1, 0.15) is 0 Å². The number of hydrogen-bond acceptors (Lipinski definition) is 3. The molecule has 0 aliphatic carbocycles. The highest BCUT2D eigenvalue weighted by Crippen LogP contribution is 1.95. The minimum Gasteiger partial charge on any atom is -0.465 e. The molecule has 0 amide bonds. The van der Waals surface area contributed by atoms with Crippen LogP contribution in [-0.4, -0.2) is 18.3 Å². The van der Waals surface area contributed by atoms with E-state index >= 15 is 0 Å². The molecule has 0 spiro atoms. The zero-order valence-corrected chi connectivity index (χ0v) is 6.02. The Kier molecular flexibility index (Phi) is 2.06. The zero-order chi connectivity index (χ0) is 8.27. The van der Waals surface area contributed by atoms with Crippen LogP contribution in [0.25, 0.3) is 0 Å². The van der Waals surface area contributed by atoms with Crippen LogP contribution < -0.4 is 4.73 Å². The van der Waals surface area contributed by atoms with Gasteiger partial charge in [-0.2, -0.15) is 0 Å². The van der Waals surface area contributed by atoms with Gasteiger partial charge in [0.2, 0.25) is 12.4 Å². The minimum atomic E-state index is -0.411. The lowest BCUT2D eigenvalue weighted by Crippen LogP contribution is -2.28. The first kappa shape index (κ1) is 7.53. The van der Waals surface area contributed by atoms with Gasteiger partial charge in [-0.1, -0.05) is 0 Å². The second-order valence-electron chi connectivity index (χ2n) is 1.96. The number of hydrogen-bond donors (Lipinski definition) is 1. The van der Waals surface area contributed by atoms with Crippen LogP contribution in [0.1, 0.15) is 10.4 Å². The van der Waals surface area contributed by atoms with Crippen molar-refractivity contribution in [2.24, 2.45) is 0 Å². The molecule has 1 N–H and O–H groups in total. The van der Waals surface area contributed by atoms with Gasteiger partial charge in [-0.25, -0.2) is 4.79 Å². The van der Waals surface area contributed by atoms with Crippen molar-refractivity contribution in [1.82, 2.24) is 0 Å². The van der Waals surface area contributed by atoms with Gasteiger partial charge >= 0.3 is 5.97 Å². The van der Waals surface area contributed by atoms with Crippen molar-refractivity contribution in [2.45, 2.75) is 0 Å². The van der Waals surface area contributed by atoms with Crippen molar-refractivity contribution in [2.75, 3.05) is 7.11 Å². The molecule has 58 valence electrons. The normalized spacial score (nSPS) is 9.18. The Balaban J connectivity index is 2.90. The van der Waals surface area contributed by atoms with Crippen LogP contribution in [0.3, 0.4) is 0 Å². The summed E-state index contributed by atoms with van der Waals surface area (Å²) in [6, 6.07) is 2.93. The lowest BCUT2D eigenvalue weighted by molar-refractivity contribution is -0.904. The van der Waals surface area contributed by atoms with Crippen LogP contribution >= 0.6 is 0 Å². The summed E-state index contributed by atoms with van der Waals surface area (Å²) in [6.45, 7) is 0. The number of pyridine rings is 1. The zero-order valence-electron chi connectivity index (χ0n) is 6.02. The van der Waals surface area contributed by atoms with E-state index in [0.29, 0.717) is 5.56 Å². The van der Waals surface area contributed by atoms with Gasteiger partial charge in [-0.3, -0.25) is 5.21 Å². The van der Waals surface area contributed by atoms with E-state index in [1.165, 1.54) is 31.6 Å². The van der Waals surface area contributed by atoms with Gasteiger partial charge in [0.25, 0.3) is 0 Å². The second-order valence-corrected chi connectivity index (χ2v) is 1.96. The van der Waals surface area contributed by atoms with Crippen LogP contribution in [-0.2, 0) is 4.74 Å². The molecular formula is C7H8NO3+. The predicted octanol–water partition coefficient (Wildman–Crippen LogP) is -0.00200. The standard InChI is InChI=1S/C7H8NO3/c1-11-7(9)6-2-4-8(10)5-3-6/h2-5,10H,1H3/q+1. The fraction of sp³-hybridized carbons (Fsp3) is 0.143. The largest absolute Gasteiger partial charge is 0.465 e. The summed E-state index contributed by atoms with van der Waals surface area (Å²) in [6.07, 6.45) is 2.71. The Bertz CT molecular complexity index is 255. The highest BCUT2D eigenvalue weighted by Gasteiger charge is 2.06. The van der Waals surface area contributed by atoms with Crippen molar-refractivity contribution in [1.29, 1.82) is 0 Å². The van der Waals surface area contributed by atoms with Gasteiger partial charge in [0.15, 0.2) is 0 Å². The summed E-state index contributed by atoms with van der Waals surface area (Å²) in [5.41, 5.74) is 0.415. The summed E-state index contributed by atoms with van der Waals surface area (Å²) in [7, 11) is 1.31. The molecule has 0 aliphatic rings. The molecule has 0 bridgehead atoms. The van der Waals surface area contributed by atoms with E-state index in [0.717, 1.165) is 4.73 Å². The number of ether oxygens (including phenoxy) is 1. The Morgan fingerprint density at radius 3 is 2.55 bits per heavy atom. The molecule has 0 aromatic carbocycles. The molecule has 4 heteroatoms. The SMILES string of the molecule is COC(=O)c1cc[n+](O)cc1. The van der Waals surface area contributed by atoms with Crippen molar-refractivity contribution in [3.63, 3.8) is 0 Å². The van der Waals surface area contributed by atoms with E-state index in [1.807, 2.05) is 0 Å². The van der Waals surface area contributed by atoms with Gasteiger partial charge in [-0.15, -0.1) is 0 Å². The summed E-state index contributed by atoms with van der Waals surface area (Å²) in [4.78, 5) is 10.8. The smallest absolute Gasteiger partial charge is 0.338 e. The van der Waals surface area contributed by atoms with Crippen molar-refractivity contribution < 1.29 is 19.5 Å². The highest BCUT2D eigenvalue weighted by atomic mass is 16.5. The Morgan fingerprint density at radius 2 is 2.09 bits per heavy atom. The van der Waals surface area contributed by atoms with Crippen molar-refractivity contribution >= 4 is 5.97 Å². The average Bonchev–Trinajstić information content (AvgIpc) is 2.05. The summed E-state index contributed by atoms with van der Waals surface area (Å²) >= 11 is 0. The Labute approximate surface area is 63.6 Å². The molecule has 4 nitrogen and oxygen atoms in total. The fourth-order valence-corrected chi connectivity index (χ4v) is 0.673. The first-order valence-electron chi connectivity index (χ1n) is 3.03. The third kappa shape index (κ3) is 1.67. The van der Waals surface area contributed by atoms with Crippen molar-refractivity contribution in [3.05, 3.63) is 30.1 Å². The maximum atomic E-state index is 10.8. The third-order valence-corrected chi connectivity index (χ3v) is 1.23. The maximum Gasteiger partial charge on any atom is 0.338 e. The molecule has 1 heterocycles. The molecule has 0 saturated carbocycles. The topological polar surface area (TPSA) is 50.4 Å². The first-order valence-corrected chi connectivity index (χ1v) is 3.03. The molecule has 0 radical (unpaired) electrons. The molecule has 1 aromatic rings. The van der Waals surface area contributed by atoms with Crippen LogP contribution in [0.5, 0.6) is 0 Å². The van der Waals surface area contributed by atoms with Gasteiger partial charge in [0, 0.05) is 16.9 Å². The van der Waals surface area contributed by atoms with Crippen molar-refractivity contribution in [3.8, 4) is 0 Å². The fourth-order valence-electron chi connectivity index (χ4n) is 0.673. The number of nitrogens with zero attached hydrogens (tertiary/aromatic N) is 1. The van der Waals surface area contributed by atoms with E-state index in [9.17, 15) is 4.79 Å². The first-order chi connectivity index (χ1) is 5.24. The quantitative estimate of drug-likeness (QED) is 0.352. The summed E-state index contributed by atoms with van der Waals surface area (Å²) < 4.78 is 5.30. The molecule has 0 fully saturated rings. The molecule has 0 saturated heterocycles. The Hall–Kier alpha value is -1.58. The lowest BCUT2D eigenvalue weighted by Gasteiger charge is -1.94. The third-order valence-electron chi connectivity index (χ3n) is 1.23. The predicted molar refractivity (Wildman–Crippen MR) is 35.2 cm³/mol. The molecule has 0 atom stereocenters. The van der Waals surface area contributed by atoms with Crippen LogP contribution in [0.4, 0.5) is 0 Å². The highest BCUT2D eigenvalue weighted by molar-refractivity contribution is 5.88. The van der Waals surface area contributed by atoms with Crippen LogP contribution in [0.2, 0.25) is 0 Å². The minimum absolute atomic E-state index is 0.411.